The van der Waals surface area contributed by atoms with E-state index in [0.717, 1.165) is 23.5 Å². The highest BCUT2D eigenvalue weighted by atomic mass is 35.5. The fraction of sp³-hybridized carbons (Fsp3) is 0.462. The van der Waals surface area contributed by atoms with E-state index in [1.807, 2.05) is 31.5 Å². The van der Waals surface area contributed by atoms with Gasteiger partial charge in [-0.3, -0.25) is 4.68 Å². The van der Waals surface area contributed by atoms with Crippen molar-refractivity contribution in [1.29, 1.82) is 0 Å². The lowest BCUT2D eigenvalue weighted by Crippen LogP contribution is -2.09. The first-order valence-electron chi connectivity index (χ1n) is 5.98. The number of hydrogen-bond acceptors (Lipinski definition) is 3. The molecule has 0 aliphatic rings. The molecular weight excluding hydrogens is 252 g/mol. The number of aromatic nitrogens is 2. The summed E-state index contributed by atoms with van der Waals surface area (Å²) in [4.78, 5) is 0. The summed E-state index contributed by atoms with van der Waals surface area (Å²) >= 11 is 6.21. The summed E-state index contributed by atoms with van der Waals surface area (Å²) in [6.45, 7) is 6.50. The second-order valence-corrected chi connectivity index (χ2v) is 4.73. The molecule has 0 radical (unpaired) electrons. The van der Waals surface area contributed by atoms with Gasteiger partial charge in [-0.15, -0.1) is 0 Å². The average molecular weight is 269 g/mol. The van der Waals surface area contributed by atoms with E-state index in [2.05, 4.69) is 5.10 Å². The molecule has 5 heteroatoms. The first-order valence-corrected chi connectivity index (χ1v) is 6.36. The summed E-state index contributed by atoms with van der Waals surface area (Å²) in [5.74, 6) is 0.590. The fourth-order valence-corrected chi connectivity index (χ4v) is 2.28. The molecule has 2 rings (SSSR count). The molecule has 2 heterocycles. The highest BCUT2D eigenvalue weighted by Gasteiger charge is 2.20. The SMILES string of the molecule is CCn1nc(C)c(Cl)c1CC(O)c1occc1C. The van der Waals surface area contributed by atoms with Gasteiger partial charge in [0, 0.05) is 13.0 Å². The van der Waals surface area contributed by atoms with Gasteiger partial charge in [-0.05, 0) is 32.4 Å². The summed E-state index contributed by atoms with van der Waals surface area (Å²) in [7, 11) is 0. The van der Waals surface area contributed by atoms with Gasteiger partial charge >= 0.3 is 0 Å². The highest BCUT2D eigenvalue weighted by Crippen LogP contribution is 2.27. The number of rotatable bonds is 4. The molecule has 0 saturated heterocycles. The van der Waals surface area contributed by atoms with E-state index < -0.39 is 6.10 Å². The predicted octanol–water partition coefficient (Wildman–Crippen LogP) is 3.04. The minimum atomic E-state index is -0.695. The van der Waals surface area contributed by atoms with Gasteiger partial charge in [0.25, 0.3) is 0 Å². The van der Waals surface area contributed by atoms with Gasteiger partial charge in [0.05, 0.1) is 22.7 Å². The molecule has 1 atom stereocenters. The van der Waals surface area contributed by atoms with Crippen LogP contribution in [0.1, 0.15) is 35.7 Å². The first-order chi connectivity index (χ1) is 8.54. The number of nitrogens with zero attached hydrogens (tertiary/aromatic N) is 2. The molecule has 1 unspecified atom stereocenters. The Morgan fingerprint density at radius 1 is 1.50 bits per heavy atom. The second-order valence-electron chi connectivity index (χ2n) is 4.35. The van der Waals surface area contributed by atoms with Crippen LogP contribution in [0.4, 0.5) is 0 Å². The van der Waals surface area contributed by atoms with Gasteiger partial charge in [0.2, 0.25) is 0 Å². The number of aliphatic hydroxyl groups is 1. The summed E-state index contributed by atoms with van der Waals surface area (Å²) in [6.07, 6.45) is 1.29. The Morgan fingerprint density at radius 3 is 2.78 bits per heavy atom. The molecule has 0 aliphatic carbocycles. The third-order valence-electron chi connectivity index (χ3n) is 3.04. The van der Waals surface area contributed by atoms with Crippen molar-refractivity contribution in [2.24, 2.45) is 0 Å². The van der Waals surface area contributed by atoms with Crippen molar-refractivity contribution < 1.29 is 9.52 Å². The molecular formula is C13H17ClN2O2. The smallest absolute Gasteiger partial charge is 0.135 e. The molecule has 0 amide bonds. The van der Waals surface area contributed by atoms with Gasteiger partial charge in [-0.25, -0.2) is 0 Å². The van der Waals surface area contributed by atoms with Crippen molar-refractivity contribution in [2.45, 2.75) is 39.8 Å². The van der Waals surface area contributed by atoms with Crippen molar-refractivity contribution >= 4 is 11.6 Å². The minimum Gasteiger partial charge on any atom is -0.466 e. The largest absolute Gasteiger partial charge is 0.466 e. The first kappa shape index (κ1) is 13.2. The molecule has 98 valence electrons. The molecule has 4 nitrogen and oxygen atoms in total. The lowest BCUT2D eigenvalue weighted by molar-refractivity contribution is 0.146. The molecule has 0 aliphatic heterocycles. The monoisotopic (exact) mass is 268 g/mol. The van der Waals surface area contributed by atoms with E-state index in [-0.39, 0.29) is 0 Å². The normalized spacial score (nSPS) is 12.9. The Labute approximate surface area is 111 Å². The van der Waals surface area contributed by atoms with Gasteiger partial charge in [0.1, 0.15) is 11.9 Å². The van der Waals surface area contributed by atoms with E-state index >= 15 is 0 Å². The van der Waals surface area contributed by atoms with Crippen molar-refractivity contribution in [3.8, 4) is 0 Å². The molecule has 2 aromatic rings. The van der Waals surface area contributed by atoms with E-state index in [4.69, 9.17) is 16.0 Å². The maximum absolute atomic E-state index is 10.2. The Kier molecular flexibility index (Phi) is 3.78. The fourth-order valence-electron chi connectivity index (χ4n) is 2.07. The van der Waals surface area contributed by atoms with Crippen LogP contribution in [-0.2, 0) is 13.0 Å². The third-order valence-corrected chi connectivity index (χ3v) is 3.54. The van der Waals surface area contributed by atoms with Crippen molar-refractivity contribution in [1.82, 2.24) is 9.78 Å². The molecule has 0 bridgehead atoms. The van der Waals surface area contributed by atoms with Crippen LogP contribution >= 0.6 is 11.6 Å². The van der Waals surface area contributed by atoms with E-state index in [0.29, 0.717) is 17.2 Å². The van der Waals surface area contributed by atoms with Gasteiger partial charge in [-0.1, -0.05) is 11.6 Å². The van der Waals surface area contributed by atoms with Gasteiger partial charge in [0.15, 0.2) is 0 Å². The van der Waals surface area contributed by atoms with Crippen molar-refractivity contribution in [3.05, 3.63) is 40.1 Å². The molecule has 0 aromatic carbocycles. The molecule has 2 aromatic heterocycles. The molecule has 0 saturated carbocycles. The standard InChI is InChI=1S/C13H17ClN2O2/c1-4-16-10(12(14)9(3)15-16)7-11(17)13-8(2)5-6-18-13/h5-6,11,17H,4,7H2,1-3H3. The third kappa shape index (κ3) is 2.31. The maximum atomic E-state index is 10.2. The number of halogens is 1. The van der Waals surface area contributed by atoms with Gasteiger partial charge in [-0.2, -0.15) is 5.10 Å². The molecule has 0 spiro atoms. The Bertz CT molecular complexity index is 545. The van der Waals surface area contributed by atoms with E-state index in [1.54, 1.807) is 6.26 Å². The van der Waals surface area contributed by atoms with Gasteiger partial charge < -0.3 is 9.52 Å². The zero-order valence-corrected chi connectivity index (χ0v) is 11.5. The zero-order valence-electron chi connectivity index (χ0n) is 10.8. The lowest BCUT2D eigenvalue weighted by Gasteiger charge is -2.11. The molecule has 1 N–H and O–H groups in total. The van der Waals surface area contributed by atoms with Crippen LogP contribution < -0.4 is 0 Å². The number of aryl methyl sites for hydroxylation is 3. The van der Waals surface area contributed by atoms with Crippen LogP contribution in [0.2, 0.25) is 5.02 Å². The minimum absolute atomic E-state index is 0.405. The number of hydrogen-bond donors (Lipinski definition) is 1. The van der Waals surface area contributed by atoms with Crippen molar-refractivity contribution in [2.75, 3.05) is 0 Å². The quantitative estimate of drug-likeness (QED) is 0.927. The van der Waals surface area contributed by atoms with Crippen LogP contribution in [-0.4, -0.2) is 14.9 Å². The summed E-state index contributed by atoms with van der Waals surface area (Å²) in [6, 6.07) is 1.84. The summed E-state index contributed by atoms with van der Waals surface area (Å²) in [5, 5.41) is 15.2. The summed E-state index contributed by atoms with van der Waals surface area (Å²) in [5.41, 5.74) is 2.58. The maximum Gasteiger partial charge on any atom is 0.135 e. The number of aliphatic hydroxyl groups excluding tert-OH is 1. The van der Waals surface area contributed by atoms with Crippen molar-refractivity contribution in [3.63, 3.8) is 0 Å². The van der Waals surface area contributed by atoms with Crippen LogP contribution in [0.3, 0.4) is 0 Å². The zero-order chi connectivity index (χ0) is 13.3. The van der Waals surface area contributed by atoms with Crippen LogP contribution in [0.25, 0.3) is 0 Å². The average Bonchev–Trinajstić information content (AvgIpc) is 2.87. The number of furan rings is 1. The predicted molar refractivity (Wildman–Crippen MR) is 69.8 cm³/mol. The Balaban J connectivity index is 2.27. The van der Waals surface area contributed by atoms with Crippen LogP contribution in [0, 0.1) is 13.8 Å². The van der Waals surface area contributed by atoms with Crippen LogP contribution in [0.15, 0.2) is 16.7 Å². The van der Waals surface area contributed by atoms with E-state index in [1.165, 1.54) is 0 Å². The highest BCUT2D eigenvalue weighted by molar-refractivity contribution is 6.31. The van der Waals surface area contributed by atoms with E-state index in [9.17, 15) is 5.11 Å². The van der Waals surface area contributed by atoms with Crippen LogP contribution in [0.5, 0.6) is 0 Å². The Morgan fingerprint density at radius 2 is 2.22 bits per heavy atom. The molecule has 0 fully saturated rings. The molecule has 18 heavy (non-hydrogen) atoms. The topological polar surface area (TPSA) is 51.2 Å². The summed E-state index contributed by atoms with van der Waals surface area (Å²) < 4.78 is 7.11. The second kappa shape index (κ2) is 5.16. The Hall–Kier alpha value is -1.26. The lowest BCUT2D eigenvalue weighted by atomic mass is 10.1.